The molecule has 6 nitrogen and oxygen atoms in total. The third kappa shape index (κ3) is 3.68. The van der Waals surface area contributed by atoms with Crippen molar-refractivity contribution in [2.24, 2.45) is 11.8 Å². The van der Waals surface area contributed by atoms with E-state index >= 15 is 0 Å². The number of carbonyl (C=O) groups excluding carboxylic acids is 1. The van der Waals surface area contributed by atoms with Gasteiger partial charge >= 0.3 is 5.97 Å². The van der Waals surface area contributed by atoms with Crippen LogP contribution in [-0.4, -0.2) is 49.5 Å². The van der Waals surface area contributed by atoms with E-state index in [2.05, 4.69) is 5.32 Å². The Hall–Kier alpha value is -1.14. The Balaban J connectivity index is 1.48. The molecule has 3 unspecified atom stereocenters. The number of aliphatic carboxylic acids is 1. The topological polar surface area (TPSA) is 84.9 Å². The van der Waals surface area contributed by atoms with E-state index in [1.165, 1.54) is 0 Å². The molecule has 2 N–H and O–H groups in total. The second-order valence-electron chi connectivity index (χ2n) is 4.79. The highest BCUT2D eigenvalue weighted by Crippen LogP contribution is 2.38. The van der Waals surface area contributed by atoms with Crippen LogP contribution in [0.25, 0.3) is 0 Å². The quantitative estimate of drug-likeness (QED) is 0.628. The first-order chi connectivity index (χ1) is 8.68. The van der Waals surface area contributed by atoms with Gasteiger partial charge < -0.3 is 19.9 Å². The van der Waals surface area contributed by atoms with Gasteiger partial charge in [0.1, 0.15) is 0 Å². The van der Waals surface area contributed by atoms with Gasteiger partial charge in [0.15, 0.2) is 0 Å². The minimum Gasteiger partial charge on any atom is -0.481 e. The SMILES string of the molecule is O=C(O)C1CC1C(=O)NCCCOC1CCOC1. The highest BCUT2D eigenvalue weighted by atomic mass is 16.5. The summed E-state index contributed by atoms with van der Waals surface area (Å²) in [5.41, 5.74) is 0. The first-order valence-corrected chi connectivity index (χ1v) is 6.38. The summed E-state index contributed by atoms with van der Waals surface area (Å²) >= 11 is 0. The Kier molecular flexibility index (Phi) is 4.54. The fraction of sp³-hybridized carbons (Fsp3) is 0.833. The van der Waals surface area contributed by atoms with Gasteiger partial charge in [-0.2, -0.15) is 0 Å². The molecular formula is C12H19NO5. The molecule has 0 aromatic heterocycles. The molecule has 18 heavy (non-hydrogen) atoms. The smallest absolute Gasteiger partial charge is 0.307 e. The minimum absolute atomic E-state index is 0.147. The summed E-state index contributed by atoms with van der Waals surface area (Å²) < 4.78 is 10.7. The summed E-state index contributed by atoms with van der Waals surface area (Å²) in [5.74, 6) is -1.82. The van der Waals surface area contributed by atoms with Crippen LogP contribution in [-0.2, 0) is 19.1 Å². The molecule has 1 saturated heterocycles. The van der Waals surface area contributed by atoms with Gasteiger partial charge in [0.2, 0.25) is 5.91 Å². The summed E-state index contributed by atoms with van der Waals surface area (Å²) in [6, 6.07) is 0. The lowest BCUT2D eigenvalue weighted by molar-refractivity contribution is -0.140. The van der Waals surface area contributed by atoms with E-state index in [1.807, 2.05) is 0 Å². The molecular weight excluding hydrogens is 238 g/mol. The van der Waals surface area contributed by atoms with Gasteiger partial charge in [0.25, 0.3) is 0 Å². The molecule has 1 amide bonds. The van der Waals surface area contributed by atoms with E-state index in [-0.39, 0.29) is 17.9 Å². The number of carbonyl (C=O) groups is 2. The Morgan fingerprint density at radius 2 is 2.22 bits per heavy atom. The summed E-state index contributed by atoms with van der Waals surface area (Å²) in [6.45, 7) is 2.56. The number of carboxylic acid groups (broad SMARTS) is 1. The molecule has 1 aliphatic heterocycles. The number of ether oxygens (including phenoxy) is 2. The monoisotopic (exact) mass is 257 g/mol. The van der Waals surface area contributed by atoms with E-state index in [0.29, 0.717) is 26.2 Å². The molecule has 6 heteroatoms. The summed E-state index contributed by atoms with van der Waals surface area (Å²) in [5, 5.41) is 11.4. The Bertz CT molecular complexity index is 314. The van der Waals surface area contributed by atoms with Gasteiger partial charge in [-0.25, -0.2) is 0 Å². The van der Waals surface area contributed by atoms with Crippen LogP contribution in [0.4, 0.5) is 0 Å². The highest BCUT2D eigenvalue weighted by molar-refractivity contribution is 5.89. The van der Waals surface area contributed by atoms with Crippen LogP contribution in [0.5, 0.6) is 0 Å². The second kappa shape index (κ2) is 6.15. The number of amides is 1. The average Bonchev–Trinajstić information content (AvgIpc) is 2.99. The molecule has 2 aliphatic rings. The van der Waals surface area contributed by atoms with E-state index in [9.17, 15) is 9.59 Å². The first-order valence-electron chi connectivity index (χ1n) is 6.38. The van der Waals surface area contributed by atoms with E-state index in [0.717, 1.165) is 19.4 Å². The van der Waals surface area contributed by atoms with Crippen molar-refractivity contribution in [1.29, 1.82) is 0 Å². The van der Waals surface area contributed by atoms with Crippen molar-refractivity contribution in [2.75, 3.05) is 26.4 Å². The van der Waals surface area contributed by atoms with Gasteiger partial charge in [-0.3, -0.25) is 9.59 Å². The number of hydrogen-bond acceptors (Lipinski definition) is 4. The lowest BCUT2D eigenvalue weighted by atomic mass is 10.3. The molecule has 3 atom stereocenters. The fourth-order valence-electron chi connectivity index (χ4n) is 2.07. The molecule has 0 radical (unpaired) electrons. The molecule has 102 valence electrons. The first kappa shape index (κ1) is 13.3. The van der Waals surface area contributed by atoms with E-state index in [4.69, 9.17) is 14.6 Å². The molecule has 2 rings (SSSR count). The maximum Gasteiger partial charge on any atom is 0.307 e. The van der Waals surface area contributed by atoms with Crippen molar-refractivity contribution in [3.05, 3.63) is 0 Å². The second-order valence-corrected chi connectivity index (χ2v) is 4.79. The standard InChI is InChI=1S/C12H19NO5/c14-11(9-6-10(9)12(15)16)13-3-1-4-18-8-2-5-17-7-8/h8-10H,1-7H2,(H,13,14)(H,15,16). The van der Waals surface area contributed by atoms with Gasteiger partial charge in [0, 0.05) is 19.8 Å². The fourth-order valence-corrected chi connectivity index (χ4v) is 2.07. The number of hydrogen-bond donors (Lipinski definition) is 2. The molecule has 1 heterocycles. The molecule has 0 aromatic carbocycles. The molecule has 0 aromatic rings. The van der Waals surface area contributed by atoms with Crippen molar-refractivity contribution < 1.29 is 24.2 Å². The molecule has 1 saturated carbocycles. The summed E-state index contributed by atoms with van der Waals surface area (Å²) in [4.78, 5) is 22.1. The summed E-state index contributed by atoms with van der Waals surface area (Å²) in [7, 11) is 0. The Morgan fingerprint density at radius 1 is 1.39 bits per heavy atom. The van der Waals surface area contributed by atoms with Crippen molar-refractivity contribution in [1.82, 2.24) is 5.32 Å². The maximum atomic E-state index is 11.5. The van der Waals surface area contributed by atoms with Crippen LogP contribution in [0.3, 0.4) is 0 Å². The van der Waals surface area contributed by atoms with Gasteiger partial charge in [0.05, 0.1) is 24.5 Å². The number of rotatable bonds is 7. The molecule has 0 bridgehead atoms. The van der Waals surface area contributed by atoms with Crippen LogP contribution in [0.1, 0.15) is 19.3 Å². The maximum absolute atomic E-state index is 11.5. The molecule has 2 fully saturated rings. The number of nitrogens with one attached hydrogen (secondary N) is 1. The van der Waals surface area contributed by atoms with Crippen LogP contribution in [0, 0.1) is 11.8 Å². The van der Waals surface area contributed by atoms with Crippen LogP contribution in [0.15, 0.2) is 0 Å². The minimum atomic E-state index is -0.875. The van der Waals surface area contributed by atoms with Crippen molar-refractivity contribution >= 4 is 11.9 Å². The Labute approximate surface area is 106 Å². The van der Waals surface area contributed by atoms with Gasteiger partial charge in [-0.15, -0.1) is 0 Å². The lowest BCUT2D eigenvalue weighted by Crippen LogP contribution is -2.28. The molecule has 1 aliphatic carbocycles. The van der Waals surface area contributed by atoms with E-state index < -0.39 is 11.9 Å². The predicted molar refractivity (Wildman–Crippen MR) is 62.0 cm³/mol. The predicted octanol–water partition coefficient (Wildman–Crippen LogP) is 0.0189. The zero-order chi connectivity index (χ0) is 13.0. The van der Waals surface area contributed by atoms with Crippen molar-refractivity contribution in [3.8, 4) is 0 Å². The zero-order valence-electron chi connectivity index (χ0n) is 10.3. The lowest BCUT2D eigenvalue weighted by Gasteiger charge is -2.09. The van der Waals surface area contributed by atoms with Gasteiger partial charge in [-0.1, -0.05) is 0 Å². The van der Waals surface area contributed by atoms with Crippen molar-refractivity contribution in [2.45, 2.75) is 25.4 Å². The Morgan fingerprint density at radius 3 is 2.83 bits per heavy atom. The highest BCUT2D eigenvalue weighted by Gasteiger charge is 2.48. The summed E-state index contributed by atoms with van der Waals surface area (Å²) in [6.07, 6.45) is 2.35. The van der Waals surface area contributed by atoms with Crippen molar-refractivity contribution in [3.63, 3.8) is 0 Å². The normalized spacial score (nSPS) is 30.1. The average molecular weight is 257 g/mol. The van der Waals surface area contributed by atoms with E-state index in [1.54, 1.807) is 0 Å². The zero-order valence-corrected chi connectivity index (χ0v) is 10.3. The van der Waals surface area contributed by atoms with Crippen LogP contribution in [0.2, 0.25) is 0 Å². The third-order valence-corrected chi connectivity index (χ3v) is 3.31. The number of carboxylic acids is 1. The van der Waals surface area contributed by atoms with Crippen LogP contribution >= 0.6 is 0 Å². The largest absolute Gasteiger partial charge is 0.481 e. The third-order valence-electron chi connectivity index (χ3n) is 3.31. The van der Waals surface area contributed by atoms with Gasteiger partial charge in [-0.05, 0) is 19.3 Å². The van der Waals surface area contributed by atoms with Crippen LogP contribution < -0.4 is 5.32 Å². The molecule has 0 spiro atoms.